The van der Waals surface area contributed by atoms with Gasteiger partial charge in [0, 0.05) is 36.3 Å². The van der Waals surface area contributed by atoms with Gasteiger partial charge in [-0.2, -0.15) is 4.98 Å². The molecule has 1 aromatic heterocycles. The second kappa shape index (κ2) is 14.2. The van der Waals surface area contributed by atoms with E-state index >= 15 is 4.79 Å². The van der Waals surface area contributed by atoms with E-state index in [0.717, 1.165) is 44.8 Å². The zero-order valence-corrected chi connectivity index (χ0v) is 28.5. The van der Waals surface area contributed by atoms with Crippen LogP contribution in [0.3, 0.4) is 0 Å². The summed E-state index contributed by atoms with van der Waals surface area (Å²) in [7, 11) is 1.61. The van der Waals surface area contributed by atoms with Crippen LogP contribution in [-0.4, -0.2) is 52.9 Å². The van der Waals surface area contributed by atoms with Crippen LogP contribution in [0.2, 0.25) is 0 Å². The topological polar surface area (TPSA) is 120 Å². The number of aliphatic hydroxyl groups excluding tert-OH is 1. The molecule has 1 N–H and O–H groups in total. The van der Waals surface area contributed by atoms with Crippen LogP contribution in [0.15, 0.2) is 137 Å². The Bertz CT molecular complexity index is 2200. The number of methoxy groups -OCH3 is 1. The monoisotopic (exact) mass is 692 g/mol. The molecule has 260 valence electrons. The number of carbonyl (C=O) groups excluding carboxylic acids is 1. The minimum Gasteiger partial charge on any atom is -0.497 e. The van der Waals surface area contributed by atoms with Gasteiger partial charge in [-0.1, -0.05) is 78.0 Å². The Labute approximate surface area is 300 Å². The maximum absolute atomic E-state index is 15.1. The number of aliphatic imine (C=N–C) groups is 1. The molecule has 6 aromatic rings. The quantitative estimate of drug-likeness (QED) is 0.141. The number of amides is 1. The van der Waals surface area contributed by atoms with Crippen molar-refractivity contribution in [3.63, 3.8) is 0 Å². The summed E-state index contributed by atoms with van der Waals surface area (Å²) in [5.41, 5.74) is 4.83. The average Bonchev–Trinajstić information content (AvgIpc) is 3.83. The SMILES string of the molecule is COc1ccc(-c2nc(CN3C(=O)[C@@]4(Cc5ccccc53)N=C(c3ccc(OCCCO)cc3)O[C@H]4c3ccc(-c4ccccc4)cc3)no2)cc1. The van der Waals surface area contributed by atoms with E-state index in [1.165, 1.54) is 0 Å². The van der Waals surface area contributed by atoms with Crippen molar-refractivity contribution in [1.29, 1.82) is 0 Å². The van der Waals surface area contributed by atoms with Crippen molar-refractivity contribution in [2.45, 2.75) is 31.0 Å². The molecule has 10 heteroatoms. The second-order valence-corrected chi connectivity index (χ2v) is 12.7. The predicted octanol–water partition coefficient (Wildman–Crippen LogP) is 7.22. The summed E-state index contributed by atoms with van der Waals surface area (Å²) in [6, 6.07) is 40.9. The molecule has 3 heterocycles. The molecule has 0 bridgehead atoms. The van der Waals surface area contributed by atoms with Gasteiger partial charge in [0.2, 0.25) is 5.90 Å². The van der Waals surface area contributed by atoms with Gasteiger partial charge in [0.15, 0.2) is 17.5 Å². The molecular weight excluding hydrogens is 656 g/mol. The first-order chi connectivity index (χ1) is 25.5. The van der Waals surface area contributed by atoms with Crippen LogP contribution in [0.5, 0.6) is 11.5 Å². The normalized spacial score (nSPS) is 17.8. The Hall–Kier alpha value is -6.26. The smallest absolute Gasteiger partial charge is 0.260 e. The average molecular weight is 693 g/mol. The van der Waals surface area contributed by atoms with Crippen LogP contribution >= 0.6 is 0 Å². The molecule has 0 saturated carbocycles. The zero-order valence-electron chi connectivity index (χ0n) is 28.5. The number of hydrogen-bond acceptors (Lipinski definition) is 9. The number of fused-ring (bicyclic) bond motifs is 1. The third kappa shape index (κ3) is 6.29. The maximum Gasteiger partial charge on any atom is 0.260 e. The largest absolute Gasteiger partial charge is 0.497 e. The maximum atomic E-state index is 15.1. The molecule has 0 fully saturated rings. The second-order valence-electron chi connectivity index (χ2n) is 12.7. The fourth-order valence-corrected chi connectivity index (χ4v) is 6.77. The highest BCUT2D eigenvalue weighted by atomic mass is 16.5. The Morgan fingerprint density at radius 2 is 1.48 bits per heavy atom. The molecule has 0 unspecified atom stereocenters. The number of para-hydroxylation sites is 1. The molecule has 2 aliphatic rings. The van der Waals surface area contributed by atoms with Crippen molar-refractivity contribution in [2.75, 3.05) is 25.2 Å². The van der Waals surface area contributed by atoms with Gasteiger partial charge >= 0.3 is 0 Å². The third-order valence-electron chi connectivity index (χ3n) is 9.42. The molecule has 52 heavy (non-hydrogen) atoms. The van der Waals surface area contributed by atoms with Crippen LogP contribution < -0.4 is 14.4 Å². The molecule has 2 atom stereocenters. The fraction of sp³-hybridized carbons (Fsp3) is 0.190. The van der Waals surface area contributed by atoms with E-state index in [2.05, 4.69) is 34.4 Å². The molecule has 1 amide bonds. The number of nitrogens with zero attached hydrogens (tertiary/aromatic N) is 4. The lowest BCUT2D eigenvalue weighted by Gasteiger charge is -2.40. The van der Waals surface area contributed by atoms with Crippen LogP contribution in [0, 0.1) is 0 Å². The lowest BCUT2D eigenvalue weighted by molar-refractivity contribution is -0.127. The summed E-state index contributed by atoms with van der Waals surface area (Å²) in [6.07, 6.45) is 0.146. The summed E-state index contributed by atoms with van der Waals surface area (Å²) >= 11 is 0. The number of rotatable bonds is 11. The molecule has 2 aliphatic heterocycles. The first-order valence-corrected chi connectivity index (χ1v) is 17.2. The summed E-state index contributed by atoms with van der Waals surface area (Å²) in [5, 5.41) is 13.4. The van der Waals surface area contributed by atoms with E-state index in [-0.39, 0.29) is 19.1 Å². The van der Waals surface area contributed by atoms with Gasteiger partial charge in [0.25, 0.3) is 11.8 Å². The van der Waals surface area contributed by atoms with Gasteiger partial charge in [-0.3, -0.25) is 4.79 Å². The molecule has 10 nitrogen and oxygen atoms in total. The van der Waals surface area contributed by atoms with Crippen molar-refractivity contribution in [2.24, 2.45) is 4.99 Å². The molecule has 8 rings (SSSR count). The summed E-state index contributed by atoms with van der Waals surface area (Å²) < 4.78 is 23.4. The number of carbonyl (C=O) groups is 1. The van der Waals surface area contributed by atoms with Gasteiger partial charge in [-0.05, 0) is 76.9 Å². The fourth-order valence-electron chi connectivity index (χ4n) is 6.77. The zero-order chi connectivity index (χ0) is 35.5. The van der Waals surface area contributed by atoms with Crippen molar-refractivity contribution >= 4 is 17.5 Å². The summed E-state index contributed by atoms with van der Waals surface area (Å²) in [6.45, 7) is 0.536. The molecule has 0 saturated heterocycles. The van der Waals surface area contributed by atoms with Gasteiger partial charge in [0.05, 0.1) is 20.3 Å². The lowest BCUT2D eigenvalue weighted by Crippen LogP contribution is -2.55. The predicted molar refractivity (Wildman–Crippen MR) is 196 cm³/mol. The first-order valence-electron chi connectivity index (χ1n) is 17.2. The standard InChI is InChI=1S/C42H36N4O6/c1-49-34-20-16-31(17-21-34)39-43-37(45-52-39)27-46-36-11-6-5-10-33(36)26-42(41(46)48)38(30-14-12-29(13-15-30)28-8-3-2-4-9-28)51-40(44-42)32-18-22-35(23-19-32)50-25-7-24-47/h2-6,8-23,38,47H,7,24-27H2,1H3/t38-,42-/m0/s1. The number of anilines is 1. The van der Waals surface area contributed by atoms with Gasteiger partial charge < -0.3 is 28.7 Å². The van der Waals surface area contributed by atoms with E-state index in [1.54, 1.807) is 12.0 Å². The first kappa shape index (κ1) is 32.9. The van der Waals surface area contributed by atoms with Crippen molar-refractivity contribution in [1.82, 2.24) is 10.1 Å². The lowest BCUT2D eigenvalue weighted by atomic mass is 9.78. The number of benzene rings is 5. The van der Waals surface area contributed by atoms with E-state index < -0.39 is 11.6 Å². The van der Waals surface area contributed by atoms with Crippen molar-refractivity contribution < 1.29 is 28.6 Å². The van der Waals surface area contributed by atoms with Crippen LogP contribution in [0.1, 0.15) is 35.0 Å². The van der Waals surface area contributed by atoms with Crippen molar-refractivity contribution in [3.05, 3.63) is 150 Å². The van der Waals surface area contributed by atoms with E-state index in [9.17, 15) is 0 Å². The van der Waals surface area contributed by atoms with Crippen LogP contribution in [0.4, 0.5) is 5.69 Å². The Kier molecular flexibility index (Phi) is 8.97. The molecule has 1 spiro atoms. The van der Waals surface area contributed by atoms with Crippen molar-refractivity contribution in [3.8, 4) is 34.1 Å². The highest BCUT2D eigenvalue weighted by Gasteiger charge is 2.57. The Balaban J connectivity index is 1.17. The number of hydrogen-bond donors (Lipinski definition) is 1. The summed E-state index contributed by atoms with van der Waals surface area (Å²) in [4.78, 5) is 26.7. The van der Waals surface area contributed by atoms with E-state index in [4.69, 9.17) is 28.8 Å². The van der Waals surface area contributed by atoms with E-state index in [0.29, 0.717) is 42.8 Å². The van der Waals surface area contributed by atoms with Crippen LogP contribution in [0.25, 0.3) is 22.6 Å². The van der Waals surface area contributed by atoms with Crippen LogP contribution in [-0.2, 0) is 22.5 Å². The highest BCUT2D eigenvalue weighted by molar-refractivity contribution is 6.08. The Morgan fingerprint density at radius 3 is 2.23 bits per heavy atom. The summed E-state index contributed by atoms with van der Waals surface area (Å²) in [5.74, 6) is 2.23. The Morgan fingerprint density at radius 1 is 0.808 bits per heavy atom. The molecule has 5 aromatic carbocycles. The molecule has 0 aliphatic carbocycles. The minimum absolute atomic E-state index is 0.0588. The number of ether oxygens (including phenoxy) is 3. The molecular formula is C42H36N4O6. The van der Waals surface area contributed by atoms with Gasteiger partial charge in [0.1, 0.15) is 11.5 Å². The highest BCUT2D eigenvalue weighted by Crippen LogP contribution is 2.48. The minimum atomic E-state index is -1.32. The van der Waals surface area contributed by atoms with Gasteiger partial charge in [-0.15, -0.1) is 0 Å². The van der Waals surface area contributed by atoms with Gasteiger partial charge in [-0.25, -0.2) is 4.99 Å². The number of aliphatic hydroxyl groups is 1. The number of aromatic nitrogens is 2. The third-order valence-corrected chi connectivity index (χ3v) is 9.42. The van der Waals surface area contributed by atoms with E-state index in [1.807, 2.05) is 103 Å². The molecule has 0 radical (unpaired) electrons.